The number of ketones is 1. The van der Waals surface area contributed by atoms with Crippen molar-refractivity contribution in [3.05, 3.63) is 53.6 Å². The van der Waals surface area contributed by atoms with Gasteiger partial charge in [-0.2, -0.15) is 13.2 Å². The number of hydrogen-bond acceptors (Lipinski definition) is 3. The fraction of sp³-hybridized carbons (Fsp3) is 0.350. The van der Waals surface area contributed by atoms with Crippen LogP contribution in [0.2, 0.25) is 0 Å². The number of carbonyl (C=O) groups excluding carboxylic acids is 1. The second-order valence-electron chi connectivity index (χ2n) is 7.10. The minimum Gasteiger partial charge on any atom is -0.300 e. The fourth-order valence-electron chi connectivity index (χ4n) is 3.48. The summed E-state index contributed by atoms with van der Waals surface area (Å²) in [6.45, 7) is 0. The van der Waals surface area contributed by atoms with Crippen LogP contribution in [0.25, 0.3) is 11.1 Å². The highest BCUT2D eigenvalue weighted by atomic mass is 32.2. The summed E-state index contributed by atoms with van der Waals surface area (Å²) in [7, 11) is -4.29. The zero-order chi connectivity index (χ0) is 21.4. The van der Waals surface area contributed by atoms with Crippen molar-refractivity contribution in [3.8, 4) is 11.1 Å². The maximum Gasteiger partial charge on any atom is 0.417 e. The predicted molar refractivity (Wildman–Crippen MR) is 95.8 cm³/mol. The molecular formula is C20H17F5O3S. The molecule has 0 amide bonds. The third-order valence-electron chi connectivity index (χ3n) is 4.98. The monoisotopic (exact) mass is 432 g/mol. The SMILES string of the molecule is O=C1CCC(CS(=O)(=O)c2ccc(-c3ccc(F)cc3F)cc2C(F)(F)F)CC1. The highest BCUT2D eigenvalue weighted by Gasteiger charge is 2.38. The normalized spacial score (nSPS) is 16.2. The molecule has 1 aliphatic rings. The van der Waals surface area contributed by atoms with E-state index in [2.05, 4.69) is 0 Å². The van der Waals surface area contributed by atoms with Crippen LogP contribution in [-0.2, 0) is 20.8 Å². The number of Topliss-reactive ketones (excluding diaryl/α,β-unsaturated/α-hetero) is 1. The summed E-state index contributed by atoms with van der Waals surface area (Å²) in [6, 6.07) is 4.88. The van der Waals surface area contributed by atoms with Gasteiger partial charge in [0.05, 0.1) is 16.2 Å². The lowest BCUT2D eigenvalue weighted by atomic mass is 9.90. The molecule has 29 heavy (non-hydrogen) atoms. The average Bonchev–Trinajstić information content (AvgIpc) is 2.62. The van der Waals surface area contributed by atoms with Gasteiger partial charge in [0, 0.05) is 24.5 Å². The summed E-state index contributed by atoms with van der Waals surface area (Å²) in [5.41, 5.74) is -1.88. The number of alkyl halides is 3. The maximum absolute atomic E-state index is 14.0. The molecule has 9 heteroatoms. The minimum atomic E-state index is -4.99. The first kappa shape index (κ1) is 21.4. The summed E-state index contributed by atoms with van der Waals surface area (Å²) < 4.78 is 93.3. The quantitative estimate of drug-likeness (QED) is 0.626. The van der Waals surface area contributed by atoms with E-state index in [9.17, 15) is 35.2 Å². The van der Waals surface area contributed by atoms with Gasteiger partial charge in [0.2, 0.25) is 0 Å². The first-order valence-electron chi connectivity index (χ1n) is 8.88. The summed E-state index contributed by atoms with van der Waals surface area (Å²) in [4.78, 5) is 10.4. The van der Waals surface area contributed by atoms with Crippen LogP contribution in [0.3, 0.4) is 0 Å². The Morgan fingerprint density at radius 1 is 0.966 bits per heavy atom. The molecule has 0 heterocycles. The highest BCUT2D eigenvalue weighted by Crippen LogP contribution is 2.39. The number of halogens is 5. The van der Waals surface area contributed by atoms with Gasteiger partial charge in [-0.15, -0.1) is 0 Å². The molecule has 2 aromatic rings. The van der Waals surface area contributed by atoms with Crippen LogP contribution in [0.5, 0.6) is 0 Å². The summed E-state index contributed by atoms with van der Waals surface area (Å²) in [5, 5.41) is 0. The Hall–Kier alpha value is -2.29. The molecule has 0 aromatic heterocycles. The van der Waals surface area contributed by atoms with E-state index in [-0.39, 0.29) is 29.8 Å². The zero-order valence-corrected chi connectivity index (χ0v) is 15.9. The van der Waals surface area contributed by atoms with Gasteiger partial charge in [0.25, 0.3) is 0 Å². The molecule has 0 radical (unpaired) electrons. The minimum absolute atomic E-state index is 0.0142. The first-order valence-corrected chi connectivity index (χ1v) is 10.5. The second kappa shape index (κ2) is 7.85. The fourth-order valence-corrected chi connectivity index (χ4v) is 5.40. The Labute approximate surface area is 164 Å². The van der Waals surface area contributed by atoms with E-state index < -0.39 is 49.8 Å². The van der Waals surface area contributed by atoms with E-state index in [1.807, 2.05) is 0 Å². The van der Waals surface area contributed by atoms with Crippen molar-refractivity contribution in [1.29, 1.82) is 0 Å². The maximum atomic E-state index is 14.0. The van der Waals surface area contributed by atoms with Crippen LogP contribution in [-0.4, -0.2) is 20.0 Å². The van der Waals surface area contributed by atoms with Gasteiger partial charge in [0.1, 0.15) is 17.4 Å². The number of sulfone groups is 1. The van der Waals surface area contributed by atoms with E-state index in [0.717, 1.165) is 24.3 Å². The lowest BCUT2D eigenvalue weighted by molar-refractivity contribution is -0.139. The highest BCUT2D eigenvalue weighted by molar-refractivity contribution is 7.91. The van der Waals surface area contributed by atoms with Crippen LogP contribution in [0.15, 0.2) is 41.3 Å². The molecule has 0 bridgehead atoms. The molecule has 156 valence electrons. The van der Waals surface area contributed by atoms with E-state index in [1.54, 1.807) is 0 Å². The van der Waals surface area contributed by atoms with Gasteiger partial charge in [-0.05, 0) is 48.6 Å². The standard InChI is InChI=1S/C20H17F5O3S/c21-14-4-7-16(18(22)10-14)13-3-8-19(17(9-13)20(23,24)25)29(27,28)11-12-1-5-15(26)6-2-12/h3-4,7-10,12H,1-2,5-6,11H2. The Kier molecular flexibility index (Phi) is 5.80. The molecule has 0 N–H and O–H groups in total. The van der Waals surface area contributed by atoms with Crippen molar-refractivity contribution in [1.82, 2.24) is 0 Å². The van der Waals surface area contributed by atoms with Crippen LogP contribution in [0.4, 0.5) is 22.0 Å². The zero-order valence-electron chi connectivity index (χ0n) is 15.1. The number of hydrogen-bond donors (Lipinski definition) is 0. The average molecular weight is 432 g/mol. The molecule has 0 saturated heterocycles. The van der Waals surface area contributed by atoms with Crippen molar-refractivity contribution in [3.63, 3.8) is 0 Å². The molecule has 1 aliphatic carbocycles. The lowest BCUT2D eigenvalue weighted by Gasteiger charge is -2.22. The molecule has 1 saturated carbocycles. The number of carbonyl (C=O) groups is 1. The molecular weight excluding hydrogens is 415 g/mol. The molecule has 1 fully saturated rings. The lowest BCUT2D eigenvalue weighted by Crippen LogP contribution is -2.24. The Morgan fingerprint density at radius 2 is 1.62 bits per heavy atom. The van der Waals surface area contributed by atoms with Gasteiger partial charge >= 0.3 is 6.18 Å². The van der Waals surface area contributed by atoms with Gasteiger partial charge < -0.3 is 0 Å². The van der Waals surface area contributed by atoms with Crippen LogP contribution in [0, 0.1) is 17.6 Å². The Bertz CT molecular complexity index is 1030. The molecule has 3 nitrogen and oxygen atoms in total. The van der Waals surface area contributed by atoms with Crippen molar-refractivity contribution in [2.45, 2.75) is 36.8 Å². The van der Waals surface area contributed by atoms with Gasteiger partial charge in [-0.3, -0.25) is 4.79 Å². The molecule has 3 rings (SSSR count). The molecule has 0 atom stereocenters. The van der Waals surface area contributed by atoms with E-state index in [0.29, 0.717) is 25.0 Å². The second-order valence-corrected chi connectivity index (χ2v) is 9.10. The van der Waals surface area contributed by atoms with Crippen molar-refractivity contribution >= 4 is 15.6 Å². The third-order valence-corrected chi connectivity index (χ3v) is 6.92. The topological polar surface area (TPSA) is 51.2 Å². The summed E-state index contributed by atoms with van der Waals surface area (Å²) in [6.07, 6.45) is -3.92. The van der Waals surface area contributed by atoms with Crippen molar-refractivity contribution in [2.24, 2.45) is 5.92 Å². The molecule has 0 spiro atoms. The summed E-state index contributed by atoms with van der Waals surface area (Å²) in [5.74, 6) is -2.81. The Balaban J connectivity index is 2.01. The molecule has 0 unspecified atom stereocenters. The van der Waals surface area contributed by atoms with Crippen LogP contribution in [0.1, 0.15) is 31.2 Å². The van der Waals surface area contributed by atoms with Gasteiger partial charge in [0.15, 0.2) is 9.84 Å². The number of benzene rings is 2. The molecule has 2 aromatic carbocycles. The van der Waals surface area contributed by atoms with Gasteiger partial charge in [-0.1, -0.05) is 6.07 Å². The van der Waals surface area contributed by atoms with E-state index in [1.165, 1.54) is 0 Å². The van der Waals surface area contributed by atoms with Crippen molar-refractivity contribution in [2.75, 3.05) is 5.75 Å². The largest absolute Gasteiger partial charge is 0.417 e. The van der Waals surface area contributed by atoms with Gasteiger partial charge in [-0.25, -0.2) is 17.2 Å². The van der Waals surface area contributed by atoms with E-state index >= 15 is 0 Å². The first-order chi connectivity index (χ1) is 13.5. The summed E-state index contributed by atoms with van der Waals surface area (Å²) >= 11 is 0. The predicted octanol–water partition coefficient (Wildman–Crippen LogP) is 5.18. The smallest absolute Gasteiger partial charge is 0.300 e. The van der Waals surface area contributed by atoms with Crippen LogP contribution >= 0.6 is 0 Å². The third kappa shape index (κ3) is 4.83. The number of rotatable bonds is 4. The van der Waals surface area contributed by atoms with Crippen LogP contribution < -0.4 is 0 Å². The Morgan fingerprint density at radius 3 is 2.21 bits per heavy atom. The molecule has 0 aliphatic heterocycles. The van der Waals surface area contributed by atoms with E-state index in [4.69, 9.17) is 0 Å². The van der Waals surface area contributed by atoms with Crippen molar-refractivity contribution < 1.29 is 35.2 Å².